The number of hydrogen-bond donors (Lipinski definition) is 0. The molecule has 0 N–H and O–H groups in total. The van der Waals surface area contributed by atoms with Crippen LogP contribution in [-0.2, 0) is 0 Å². The van der Waals surface area contributed by atoms with Gasteiger partial charge in [0.05, 0.1) is 5.69 Å². The molecule has 13 aromatic rings. The predicted octanol–water partition coefficient (Wildman–Crippen LogP) is 18.6. The van der Waals surface area contributed by atoms with Gasteiger partial charge in [0.15, 0.2) is 0 Å². The molecule has 0 amide bonds. The smallest absolute Gasteiger partial charge is 0.137 e. The van der Waals surface area contributed by atoms with Crippen molar-refractivity contribution in [3.05, 3.63) is 255 Å². The number of furan rings is 2. The fraction of sp³-hybridized carbons (Fsp3) is 0. The van der Waals surface area contributed by atoms with Gasteiger partial charge in [0.25, 0.3) is 0 Å². The molecule has 320 valence electrons. The van der Waals surface area contributed by atoms with E-state index in [9.17, 15) is 0 Å². The maximum absolute atomic E-state index is 6.48. The number of anilines is 6. The summed E-state index contributed by atoms with van der Waals surface area (Å²) in [6, 6.07) is 90.7. The van der Waals surface area contributed by atoms with Gasteiger partial charge in [-0.2, -0.15) is 0 Å². The molecule has 13 rings (SSSR count). The lowest BCUT2D eigenvalue weighted by Gasteiger charge is -2.28. The molecule has 2 heterocycles. The molecule has 0 radical (unpaired) electrons. The number of nitrogens with zero attached hydrogens (tertiary/aromatic N) is 2. The van der Waals surface area contributed by atoms with Gasteiger partial charge >= 0.3 is 0 Å². The molecule has 0 atom stereocenters. The Morgan fingerprint density at radius 2 is 0.662 bits per heavy atom. The summed E-state index contributed by atoms with van der Waals surface area (Å²) in [6.45, 7) is 0. The quantitative estimate of drug-likeness (QED) is 0.145. The van der Waals surface area contributed by atoms with Gasteiger partial charge in [-0.15, -0.1) is 0 Å². The molecule has 0 aliphatic carbocycles. The van der Waals surface area contributed by atoms with Gasteiger partial charge in [-0.25, -0.2) is 0 Å². The van der Waals surface area contributed by atoms with E-state index in [0.717, 1.165) is 100 Å². The third-order valence-corrected chi connectivity index (χ3v) is 13.2. The van der Waals surface area contributed by atoms with Crippen molar-refractivity contribution in [1.29, 1.82) is 0 Å². The number of hydrogen-bond acceptors (Lipinski definition) is 4. The minimum absolute atomic E-state index is 0.850. The number of fused-ring (bicyclic) bond motifs is 7. The zero-order chi connectivity index (χ0) is 45.0. The highest BCUT2D eigenvalue weighted by molar-refractivity contribution is 6.07. The largest absolute Gasteiger partial charge is 0.456 e. The Bertz CT molecular complexity index is 3970. The second-order valence-electron chi connectivity index (χ2n) is 17.3. The van der Waals surface area contributed by atoms with Crippen LogP contribution in [0, 0.1) is 0 Å². The Labute approximate surface area is 393 Å². The lowest BCUT2D eigenvalue weighted by molar-refractivity contribution is 0.668. The molecule has 0 fully saturated rings. The Morgan fingerprint density at radius 1 is 0.235 bits per heavy atom. The monoisotopic (exact) mass is 870 g/mol. The average Bonchev–Trinajstić information content (AvgIpc) is 3.97. The van der Waals surface area contributed by atoms with Gasteiger partial charge in [0, 0.05) is 67.7 Å². The van der Waals surface area contributed by atoms with E-state index in [4.69, 9.17) is 8.83 Å². The average molecular weight is 871 g/mol. The third-order valence-electron chi connectivity index (χ3n) is 13.2. The number of rotatable bonds is 9. The van der Waals surface area contributed by atoms with Crippen LogP contribution in [0.15, 0.2) is 264 Å². The molecule has 4 nitrogen and oxygen atoms in total. The first-order valence-electron chi connectivity index (χ1n) is 23.1. The topological polar surface area (TPSA) is 32.8 Å². The molecule has 0 aliphatic heterocycles. The van der Waals surface area contributed by atoms with E-state index in [1.54, 1.807) is 0 Å². The zero-order valence-electron chi connectivity index (χ0n) is 37.0. The van der Waals surface area contributed by atoms with E-state index < -0.39 is 0 Å². The maximum atomic E-state index is 6.48. The van der Waals surface area contributed by atoms with Crippen LogP contribution in [0.25, 0.3) is 88.0 Å². The van der Waals surface area contributed by atoms with Crippen molar-refractivity contribution in [2.45, 2.75) is 0 Å². The summed E-state index contributed by atoms with van der Waals surface area (Å²) >= 11 is 0. The van der Waals surface area contributed by atoms with Crippen molar-refractivity contribution in [2.75, 3.05) is 9.80 Å². The summed E-state index contributed by atoms with van der Waals surface area (Å²) < 4.78 is 12.9. The second kappa shape index (κ2) is 16.4. The van der Waals surface area contributed by atoms with E-state index in [2.05, 4.69) is 240 Å². The van der Waals surface area contributed by atoms with Gasteiger partial charge in [-0.05, 0) is 124 Å². The molecule has 0 aliphatic rings. The van der Waals surface area contributed by atoms with Crippen LogP contribution in [0.3, 0.4) is 0 Å². The first-order chi connectivity index (χ1) is 33.7. The van der Waals surface area contributed by atoms with Crippen molar-refractivity contribution in [3.8, 4) is 33.4 Å². The number of para-hydroxylation sites is 2. The van der Waals surface area contributed by atoms with Gasteiger partial charge < -0.3 is 18.6 Å². The minimum Gasteiger partial charge on any atom is -0.456 e. The molecule has 2 aromatic heterocycles. The lowest BCUT2D eigenvalue weighted by Crippen LogP contribution is -2.11. The predicted molar refractivity (Wildman–Crippen MR) is 284 cm³/mol. The maximum Gasteiger partial charge on any atom is 0.137 e. The SMILES string of the molecule is c1ccc(-c2ccc(N(c3ccc4c(c3)oc3ccccc34)c3ccc(-c4ccc(N(c5ccc6ccccc6c5)c5ccc6c(c5)oc5ccccc56)cc4)cc3-c3ccccc3)cc2)cc1. The second-order valence-corrected chi connectivity index (χ2v) is 17.3. The van der Waals surface area contributed by atoms with Crippen LogP contribution < -0.4 is 9.80 Å². The Morgan fingerprint density at radius 3 is 1.29 bits per heavy atom. The van der Waals surface area contributed by atoms with Crippen LogP contribution >= 0.6 is 0 Å². The molecule has 0 saturated carbocycles. The van der Waals surface area contributed by atoms with Crippen LogP contribution in [0.4, 0.5) is 34.1 Å². The highest BCUT2D eigenvalue weighted by Gasteiger charge is 2.21. The van der Waals surface area contributed by atoms with E-state index >= 15 is 0 Å². The highest BCUT2D eigenvalue weighted by Crippen LogP contribution is 2.46. The minimum atomic E-state index is 0.850. The summed E-state index contributed by atoms with van der Waals surface area (Å²) in [5.74, 6) is 0. The third kappa shape index (κ3) is 6.95. The van der Waals surface area contributed by atoms with Gasteiger partial charge in [0.2, 0.25) is 0 Å². The highest BCUT2D eigenvalue weighted by atomic mass is 16.3. The summed E-state index contributed by atoms with van der Waals surface area (Å²) in [5, 5.41) is 6.82. The molecule has 4 heteroatoms. The van der Waals surface area contributed by atoms with Crippen LogP contribution in [0.5, 0.6) is 0 Å². The molecule has 0 bridgehead atoms. The normalized spacial score (nSPS) is 11.5. The summed E-state index contributed by atoms with van der Waals surface area (Å²) in [5.41, 5.74) is 16.5. The molecule has 0 spiro atoms. The van der Waals surface area contributed by atoms with Crippen molar-refractivity contribution in [2.24, 2.45) is 0 Å². The fourth-order valence-corrected chi connectivity index (χ4v) is 9.89. The Kier molecular flexibility index (Phi) is 9.47. The molecular formula is C64H42N2O2. The van der Waals surface area contributed by atoms with Gasteiger partial charge in [-0.1, -0.05) is 158 Å². The standard InChI is InChI=1S/C64H42N2O2/c1-3-13-43(14-4-1)45-23-31-51(32-24-45)66(54-35-37-58-56-20-10-12-22-62(56)68-64(58)42-54)60-38-28-49(40-59(60)47-16-5-2-6-17-47)46-25-29-50(30-26-46)65(52-33-27-44-15-7-8-18-48(44)39-52)53-34-36-57-55-19-9-11-21-61(55)67-63(57)41-53/h1-42H. The first-order valence-corrected chi connectivity index (χ1v) is 23.1. The van der Waals surface area contributed by atoms with Crippen molar-refractivity contribution in [1.82, 2.24) is 0 Å². The lowest BCUT2D eigenvalue weighted by atomic mass is 9.95. The van der Waals surface area contributed by atoms with Crippen molar-refractivity contribution in [3.63, 3.8) is 0 Å². The fourth-order valence-electron chi connectivity index (χ4n) is 9.89. The zero-order valence-corrected chi connectivity index (χ0v) is 37.0. The molecule has 0 saturated heterocycles. The van der Waals surface area contributed by atoms with Crippen molar-refractivity contribution >= 4 is 88.8 Å². The van der Waals surface area contributed by atoms with Gasteiger partial charge in [0.1, 0.15) is 22.3 Å². The Balaban J connectivity index is 0.932. The van der Waals surface area contributed by atoms with E-state index in [-0.39, 0.29) is 0 Å². The van der Waals surface area contributed by atoms with Gasteiger partial charge in [-0.3, -0.25) is 0 Å². The first kappa shape index (κ1) is 39.3. The molecular weight excluding hydrogens is 829 g/mol. The van der Waals surface area contributed by atoms with E-state index in [1.807, 2.05) is 24.3 Å². The number of benzene rings is 11. The van der Waals surface area contributed by atoms with Crippen LogP contribution in [0.2, 0.25) is 0 Å². The van der Waals surface area contributed by atoms with Crippen LogP contribution in [-0.4, -0.2) is 0 Å². The van der Waals surface area contributed by atoms with Crippen LogP contribution in [0.1, 0.15) is 0 Å². The van der Waals surface area contributed by atoms with E-state index in [0.29, 0.717) is 0 Å². The summed E-state index contributed by atoms with van der Waals surface area (Å²) in [4.78, 5) is 4.68. The van der Waals surface area contributed by atoms with E-state index in [1.165, 1.54) is 21.9 Å². The molecule has 11 aromatic carbocycles. The Hall–Kier alpha value is -9.12. The molecule has 0 unspecified atom stereocenters. The summed E-state index contributed by atoms with van der Waals surface area (Å²) in [7, 11) is 0. The molecule has 68 heavy (non-hydrogen) atoms. The summed E-state index contributed by atoms with van der Waals surface area (Å²) in [6.07, 6.45) is 0. The van der Waals surface area contributed by atoms with Crippen molar-refractivity contribution < 1.29 is 8.83 Å².